The van der Waals surface area contributed by atoms with E-state index in [1.54, 1.807) is 6.07 Å². The molecule has 19 heavy (non-hydrogen) atoms. The molecule has 0 radical (unpaired) electrons. The van der Waals surface area contributed by atoms with E-state index in [0.29, 0.717) is 5.82 Å². The normalized spacial score (nSPS) is 10.5. The summed E-state index contributed by atoms with van der Waals surface area (Å²) in [5.41, 5.74) is 6.92. The zero-order chi connectivity index (χ0) is 13.1. The van der Waals surface area contributed by atoms with Gasteiger partial charge in [-0.3, -0.25) is 0 Å². The lowest BCUT2D eigenvalue weighted by Gasteiger charge is -2.09. The molecule has 0 spiro atoms. The number of hydrogen-bond acceptors (Lipinski definition) is 3. The van der Waals surface area contributed by atoms with Gasteiger partial charge < -0.3 is 11.1 Å². The number of aromatic nitrogens is 1. The lowest BCUT2D eigenvalue weighted by molar-refractivity contribution is 1.13. The first kappa shape index (κ1) is 11.5. The molecule has 94 valence electrons. The number of nitrogens with zero attached hydrogens (tertiary/aromatic N) is 1. The van der Waals surface area contributed by atoms with Crippen molar-refractivity contribution in [1.29, 1.82) is 0 Å². The van der Waals surface area contributed by atoms with Crippen LogP contribution in [0, 0.1) is 0 Å². The molecule has 0 unspecified atom stereocenters. The second-order valence-electron chi connectivity index (χ2n) is 4.44. The zero-order valence-corrected chi connectivity index (χ0v) is 10.5. The smallest absolute Gasteiger partial charge is 0.128 e. The van der Waals surface area contributed by atoms with E-state index in [-0.39, 0.29) is 0 Å². The molecule has 1 heterocycles. The predicted octanol–water partition coefficient (Wildman–Crippen LogP) is 3.43. The van der Waals surface area contributed by atoms with Gasteiger partial charge >= 0.3 is 0 Å². The number of hydrogen-bond donors (Lipinski definition) is 2. The van der Waals surface area contributed by atoms with Crippen LogP contribution in [0.4, 0.5) is 11.6 Å². The third-order valence-electron chi connectivity index (χ3n) is 3.11. The summed E-state index contributed by atoms with van der Waals surface area (Å²) in [4.78, 5) is 4.23. The van der Waals surface area contributed by atoms with Crippen molar-refractivity contribution in [3.05, 3.63) is 66.2 Å². The maximum Gasteiger partial charge on any atom is 0.128 e. The van der Waals surface area contributed by atoms with E-state index in [2.05, 4.69) is 52.8 Å². The Hall–Kier alpha value is -2.55. The van der Waals surface area contributed by atoms with E-state index in [9.17, 15) is 0 Å². The van der Waals surface area contributed by atoms with Crippen molar-refractivity contribution in [3.63, 3.8) is 0 Å². The van der Waals surface area contributed by atoms with Crippen LogP contribution in [0.15, 0.2) is 60.7 Å². The summed E-state index contributed by atoms with van der Waals surface area (Å²) >= 11 is 0. The van der Waals surface area contributed by atoms with Crippen molar-refractivity contribution in [2.24, 2.45) is 0 Å². The monoisotopic (exact) mass is 249 g/mol. The predicted molar refractivity (Wildman–Crippen MR) is 79.9 cm³/mol. The van der Waals surface area contributed by atoms with Crippen molar-refractivity contribution in [1.82, 2.24) is 4.98 Å². The average molecular weight is 249 g/mol. The van der Waals surface area contributed by atoms with Crippen LogP contribution in [0.3, 0.4) is 0 Å². The standard InChI is InChI=1S/C16H15N3/c17-15-9-4-10-16(19-15)18-11-13-7-3-6-12-5-1-2-8-14(12)13/h1-10H,11H2,(H3,17,18,19). The number of pyridine rings is 1. The fraction of sp³-hybridized carbons (Fsp3) is 0.0625. The topological polar surface area (TPSA) is 50.9 Å². The molecule has 0 fully saturated rings. The Bertz CT molecular complexity index is 702. The number of fused-ring (bicyclic) bond motifs is 1. The van der Waals surface area contributed by atoms with E-state index < -0.39 is 0 Å². The van der Waals surface area contributed by atoms with Gasteiger partial charge in [-0.05, 0) is 28.5 Å². The highest BCUT2D eigenvalue weighted by atomic mass is 15.0. The summed E-state index contributed by atoms with van der Waals surface area (Å²) in [6.07, 6.45) is 0. The van der Waals surface area contributed by atoms with Gasteiger partial charge in [0.15, 0.2) is 0 Å². The van der Waals surface area contributed by atoms with Crippen molar-refractivity contribution >= 4 is 22.4 Å². The van der Waals surface area contributed by atoms with Crippen molar-refractivity contribution in [3.8, 4) is 0 Å². The molecule has 3 aromatic rings. The highest BCUT2D eigenvalue weighted by Crippen LogP contribution is 2.19. The quantitative estimate of drug-likeness (QED) is 0.747. The first-order valence-corrected chi connectivity index (χ1v) is 6.26. The van der Waals surface area contributed by atoms with Gasteiger partial charge in [0.05, 0.1) is 0 Å². The molecule has 0 saturated carbocycles. The van der Waals surface area contributed by atoms with E-state index in [1.165, 1.54) is 16.3 Å². The number of benzene rings is 2. The van der Waals surface area contributed by atoms with Crippen LogP contribution in [-0.4, -0.2) is 4.98 Å². The molecule has 0 saturated heterocycles. The molecule has 0 aliphatic rings. The third-order valence-corrected chi connectivity index (χ3v) is 3.11. The van der Waals surface area contributed by atoms with Gasteiger partial charge in [0, 0.05) is 6.54 Å². The van der Waals surface area contributed by atoms with Gasteiger partial charge in [-0.25, -0.2) is 4.98 Å². The molecule has 3 rings (SSSR count). The molecule has 2 aromatic carbocycles. The van der Waals surface area contributed by atoms with Gasteiger partial charge in [-0.2, -0.15) is 0 Å². The molecule has 0 aliphatic heterocycles. The second-order valence-corrected chi connectivity index (χ2v) is 4.44. The molecular formula is C16H15N3. The molecule has 1 aromatic heterocycles. The Balaban J connectivity index is 1.86. The minimum Gasteiger partial charge on any atom is -0.384 e. The Morgan fingerprint density at radius 1 is 0.895 bits per heavy atom. The lowest BCUT2D eigenvalue weighted by atomic mass is 10.0. The molecule has 0 amide bonds. The molecular weight excluding hydrogens is 234 g/mol. The summed E-state index contributed by atoms with van der Waals surface area (Å²) in [5, 5.41) is 5.82. The number of rotatable bonds is 3. The highest BCUT2D eigenvalue weighted by molar-refractivity contribution is 5.85. The van der Waals surface area contributed by atoms with Gasteiger partial charge in [0.25, 0.3) is 0 Å². The van der Waals surface area contributed by atoms with Gasteiger partial charge in [0.1, 0.15) is 11.6 Å². The summed E-state index contributed by atoms with van der Waals surface area (Å²) in [6, 6.07) is 20.3. The summed E-state index contributed by atoms with van der Waals surface area (Å²) in [7, 11) is 0. The molecule has 3 nitrogen and oxygen atoms in total. The number of nitrogens with two attached hydrogens (primary N) is 1. The van der Waals surface area contributed by atoms with E-state index in [1.807, 2.05) is 12.1 Å². The SMILES string of the molecule is Nc1cccc(NCc2cccc3ccccc23)n1. The van der Waals surface area contributed by atoms with Gasteiger partial charge in [-0.1, -0.05) is 48.5 Å². The summed E-state index contributed by atoms with van der Waals surface area (Å²) in [6.45, 7) is 0.734. The molecule has 0 aliphatic carbocycles. The van der Waals surface area contributed by atoms with E-state index in [0.717, 1.165) is 12.4 Å². The van der Waals surface area contributed by atoms with Crippen LogP contribution in [-0.2, 0) is 6.54 Å². The highest BCUT2D eigenvalue weighted by Gasteiger charge is 2.00. The third kappa shape index (κ3) is 2.50. The molecule has 3 N–H and O–H groups in total. The first-order valence-electron chi connectivity index (χ1n) is 6.26. The van der Waals surface area contributed by atoms with Crippen molar-refractivity contribution < 1.29 is 0 Å². The van der Waals surface area contributed by atoms with E-state index in [4.69, 9.17) is 5.73 Å². The van der Waals surface area contributed by atoms with Crippen LogP contribution in [0.25, 0.3) is 10.8 Å². The van der Waals surface area contributed by atoms with Crippen LogP contribution < -0.4 is 11.1 Å². The van der Waals surface area contributed by atoms with Crippen LogP contribution in [0.1, 0.15) is 5.56 Å². The van der Waals surface area contributed by atoms with Crippen molar-refractivity contribution in [2.45, 2.75) is 6.54 Å². The van der Waals surface area contributed by atoms with Crippen LogP contribution >= 0.6 is 0 Å². The Labute approximate surface area is 112 Å². The Morgan fingerprint density at radius 2 is 1.68 bits per heavy atom. The number of anilines is 2. The second kappa shape index (κ2) is 4.98. The molecule has 3 heteroatoms. The zero-order valence-electron chi connectivity index (χ0n) is 10.5. The fourth-order valence-electron chi connectivity index (χ4n) is 2.18. The fourth-order valence-corrected chi connectivity index (χ4v) is 2.18. The molecule has 0 bridgehead atoms. The first-order chi connectivity index (χ1) is 9.33. The minimum atomic E-state index is 0.530. The average Bonchev–Trinajstić information content (AvgIpc) is 2.45. The Kier molecular flexibility index (Phi) is 3.02. The Morgan fingerprint density at radius 3 is 2.58 bits per heavy atom. The maximum atomic E-state index is 5.67. The number of nitrogens with one attached hydrogen (secondary N) is 1. The van der Waals surface area contributed by atoms with Crippen LogP contribution in [0.5, 0.6) is 0 Å². The maximum absolute atomic E-state index is 5.67. The molecule has 0 atom stereocenters. The van der Waals surface area contributed by atoms with Gasteiger partial charge in [-0.15, -0.1) is 0 Å². The van der Waals surface area contributed by atoms with E-state index >= 15 is 0 Å². The minimum absolute atomic E-state index is 0.530. The largest absolute Gasteiger partial charge is 0.384 e. The van der Waals surface area contributed by atoms with Crippen molar-refractivity contribution in [2.75, 3.05) is 11.1 Å². The summed E-state index contributed by atoms with van der Waals surface area (Å²) < 4.78 is 0. The van der Waals surface area contributed by atoms with Crippen LogP contribution in [0.2, 0.25) is 0 Å². The summed E-state index contributed by atoms with van der Waals surface area (Å²) in [5.74, 6) is 1.33. The lowest BCUT2D eigenvalue weighted by Crippen LogP contribution is -2.03. The number of nitrogen functional groups attached to an aromatic ring is 1. The van der Waals surface area contributed by atoms with Gasteiger partial charge in [0.2, 0.25) is 0 Å².